The minimum absolute atomic E-state index is 0.405. The number of rotatable bonds is 41. The molecular formula is C42H88NO3P. The fourth-order valence-corrected chi connectivity index (χ4v) is 8.16. The van der Waals surface area contributed by atoms with Crippen molar-refractivity contribution in [3.8, 4) is 0 Å². The summed E-state index contributed by atoms with van der Waals surface area (Å²) in [5.74, 6) is 0. The van der Waals surface area contributed by atoms with Crippen molar-refractivity contribution in [2.75, 3.05) is 19.7 Å². The Kier molecular flexibility index (Phi) is 39.0. The molecule has 0 fully saturated rings. The molecule has 0 saturated heterocycles. The second-order valence-electron chi connectivity index (χ2n) is 14.9. The van der Waals surface area contributed by atoms with Crippen LogP contribution in [0.4, 0.5) is 0 Å². The maximum atomic E-state index is 13.2. The molecule has 0 aromatic rings. The summed E-state index contributed by atoms with van der Waals surface area (Å²) in [4.78, 5) is 10.8. The van der Waals surface area contributed by atoms with Crippen molar-refractivity contribution in [3.63, 3.8) is 0 Å². The molecule has 5 heteroatoms. The summed E-state index contributed by atoms with van der Waals surface area (Å²) >= 11 is 0. The van der Waals surface area contributed by atoms with Gasteiger partial charge in [-0.2, -0.15) is 0 Å². The number of hydrogen-bond donors (Lipinski definition) is 1. The predicted octanol–water partition coefficient (Wildman–Crippen LogP) is 15.5. The van der Waals surface area contributed by atoms with Crippen LogP contribution in [-0.2, 0) is 9.09 Å². The van der Waals surface area contributed by atoms with Crippen molar-refractivity contribution >= 4 is 7.75 Å². The largest absolute Gasteiger partial charge is 0.405 e. The molecule has 0 radical (unpaired) electrons. The molecule has 0 aliphatic rings. The van der Waals surface area contributed by atoms with E-state index in [1.54, 1.807) is 4.67 Å². The molecule has 0 amide bonds. The van der Waals surface area contributed by atoms with Crippen molar-refractivity contribution in [1.29, 1.82) is 0 Å². The smallest absolute Gasteiger partial charge is 0.312 e. The minimum atomic E-state index is -3.70. The Hall–Kier alpha value is 0.110. The van der Waals surface area contributed by atoms with Crippen LogP contribution in [0.5, 0.6) is 0 Å². The van der Waals surface area contributed by atoms with Crippen LogP contribution in [0.1, 0.15) is 252 Å². The van der Waals surface area contributed by atoms with Crippen LogP contribution in [0, 0.1) is 0 Å². The van der Waals surface area contributed by atoms with Gasteiger partial charge in [0, 0.05) is 13.1 Å². The SMILES string of the molecule is CCCCCCCCCCCCCCCCCCN(CCCCCCCCCCCCCCCCCC)P(=O)(O)OCCCCCC. The van der Waals surface area contributed by atoms with E-state index in [1.807, 2.05) is 0 Å². The standard InChI is InChI=1S/C42H88NO3P/c1-4-7-10-13-15-17-19-21-23-25-27-29-31-33-35-37-40-43(47(44,45)46-42-39-12-9-6-3)41-38-36-34-32-30-28-26-24-22-20-18-16-14-11-8-5-2/h4-42H2,1-3H3,(H,44,45). The van der Waals surface area contributed by atoms with Crippen molar-refractivity contribution in [2.45, 2.75) is 252 Å². The van der Waals surface area contributed by atoms with Gasteiger partial charge in [-0.3, -0.25) is 4.52 Å². The predicted molar refractivity (Wildman–Crippen MR) is 211 cm³/mol. The topological polar surface area (TPSA) is 49.8 Å². The average Bonchev–Trinajstić information content (AvgIpc) is 3.06. The van der Waals surface area contributed by atoms with E-state index in [1.165, 1.54) is 193 Å². The first-order valence-electron chi connectivity index (χ1n) is 21.8. The van der Waals surface area contributed by atoms with Crippen LogP contribution in [0.15, 0.2) is 0 Å². The first-order chi connectivity index (χ1) is 23.1. The Labute approximate surface area is 297 Å². The van der Waals surface area contributed by atoms with E-state index < -0.39 is 7.75 Å². The molecule has 0 aliphatic carbocycles. The Morgan fingerprint density at radius 3 is 0.830 bits per heavy atom. The third kappa shape index (κ3) is 35.7. The average molecular weight is 686 g/mol. The minimum Gasteiger partial charge on any atom is -0.312 e. The molecule has 47 heavy (non-hydrogen) atoms. The second-order valence-corrected chi connectivity index (χ2v) is 16.7. The van der Waals surface area contributed by atoms with Gasteiger partial charge in [0.1, 0.15) is 0 Å². The maximum Gasteiger partial charge on any atom is 0.405 e. The maximum absolute atomic E-state index is 13.2. The van der Waals surface area contributed by atoms with Gasteiger partial charge in [-0.25, -0.2) is 9.24 Å². The lowest BCUT2D eigenvalue weighted by atomic mass is 10.0. The molecule has 0 saturated carbocycles. The van der Waals surface area contributed by atoms with E-state index in [4.69, 9.17) is 4.52 Å². The van der Waals surface area contributed by atoms with Crippen LogP contribution in [0.2, 0.25) is 0 Å². The summed E-state index contributed by atoms with van der Waals surface area (Å²) in [6, 6.07) is 0. The molecule has 0 aliphatic heterocycles. The van der Waals surface area contributed by atoms with Gasteiger partial charge >= 0.3 is 7.75 Å². The van der Waals surface area contributed by atoms with Crippen LogP contribution in [-0.4, -0.2) is 29.3 Å². The lowest BCUT2D eigenvalue weighted by molar-refractivity contribution is 0.194. The molecule has 284 valence electrons. The molecule has 0 bridgehead atoms. The fourth-order valence-electron chi connectivity index (χ4n) is 6.84. The molecular weight excluding hydrogens is 597 g/mol. The van der Waals surface area contributed by atoms with E-state index in [0.717, 1.165) is 38.5 Å². The highest BCUT2D eigenvalue weighted by atomic mass is 31.2. The Bertz CT molecular complexity index is 595. The third-order valence-electron chi connectivity index (χ3n) is 10.2. The van der Waals surface area contributed by atoms with Crippen LogP contribution < -0.4 is 0 Å². The van der Waals surface area contributed by atoms with E-state index in [2.05, 4.69) is 20.8 Å². The highest BCUT2D eigenvalue weighted by molar-refractivity contribution is 7.50. The van der Waals surface area contributed by atoms with Crippen molar-refractivity contribution in [3.05, 3.63) is 0 Å². The zero-order valence-electron chi connectivity index (χ0n) is 32.7. The summed E-state index contributed by atoms with van der Waals surface area (Å²) in [5.41, 5.74) is 0. The van der Waals surface area contributed by atoms with Gasteiger partial charge < -0.3 is 4.89 Å². The summed E-state index contributed by atoms with van der Waals surface area (Å²) in [5, 5.41) is 0. The first kappa shape index (κ1) is 47.1. The fraction of sp³-hybridized carbons (Fsp3) is 1.00. The van der Waals surface area contributed by atoms with Gasteiger partial charge in [-0.1, -0.05) is 233 Å². The van der Waals surface area contributed by atoms with Crippen molar-refractivity contribution < 1.29 is 14.0 Å². The molecule has 0 rings (SSSR count). The number of hydrogen-bond acceptors (Lipinski definition) is 2. The molecule has 4 nitrogen and oxygen atoms in total. The molecule has 0 aromatic carbocycles. The van der Waals surface area contributed by atoms with Gasteiger partial charge in [0.05, 0.1) is 6.61 Å². The Morgan fingerprint density at radius 2 is 0.574 bits per heavy atom. The van der Waals surface area contributed by atoms with Crippen LogP contribution in [0.3, 0.4) is 0 Å². The van der Waals surface area contributed by atoms with E-state index in [0.29, 0.717) is 19.7 Å². The zero-order chi connectivity index (χ0) is 34.4. The molecule has 1 N–H and O–H groups in total. The van der Waals surface area contributed by atoms with Gasteiger partial charge in [0.15, 0.2) is 0 Å². The van der Waals surface area contributed by atoms with Crippen LogP contribution in [0.25, 0.3) is 0 Å². The lowest BCUT2D eigenvalue weighted by Gasteiger charge is -2.26. The van der Waals surface area contributed by atoms with E-state index >= 15 is 0 Å². The van der Waals surface area contributed by atoms with Crippen molar-refractivity contribution in [2.24, 2.45) is 0 Å². The molecule has 0 heterocycles. The Balaban J connectivity index is 3.99. The Morgan fingerprint density at radius 1 is 0.362 bits per heavy atom. The van der Waals surface area contributed by atoms with Gasteiger partial charge in [-0.05, 0) is 19.3 Å². The second kappa shape index (κ2) is 38.9. The molecule has 1 unspecified atom stereocenters. The quantitative estimate of drug-likeness (QED) is 0.0514. The van der Waals surface area contributed by atoms with E-state index in [-0.39, 0.29) is 0 Å². The summed E-state index contributed by atoms with van der Waals surface area (Å²) < 4.78 is 20.6. The van der Waals surface area contributed by atoms with Crippen LogP contribution >= 0.6 is 7.75 Å². The zero-order valence-corrected chi connectivity index (χ0v) is 33.6. The summed E-state index contributed by atoms with van der Waals surface area (Å²) in [6.07, 6.45) is 47.5. The number of nitrogens with zero attached hydrogens (tertiary/aromatic N) is 1. The normalized spacial score (nSPS) is 13.1. The summed E-state index contributed by atoms with van der Waals surface area (Å²) in [7, 11) is -3.70. The third-order valence-corrected chi connectivity index (χ3v) is 11.8. The highest BCUT2D eigenvalue weighted by Gasteiger charge is 2.28. The van der Waals surface area contributed by atoms with Gasteiger partial charge in [0.2, 0.25) is 0 Å². The van der Waals surface area contributed by atoms with Gasteiger partial charge in [-0.15, -0.1) is 0 Å². The van der Waals surface area contributed by atoms with E-state index in [9.17, 15) is 9.46 Å². The van der Waals surface area contributed by atoms with Crippen molar-refractivity contribution in [1.82, 2.24) is 4.67 Å². The monoisotopic (exact) mass is 686 g/mol. The van der Waals surface area contributed by atoms with Gasteiger partial charge in [0.25, 0.3) is 0 Å². The first-order valence-corrected chi connectivity index (χ1v) is 23.3. The molecule has 0 aromatic heterocycles. The summed E-state index contributed by atoms with van der Waals surface area (Å²) in [6.45, 7) is 8.57. The number of unbranched alkanes of at least 4 members (excludes halogenated alkanes) is 33. The molecule has 0 spiro atoms. The lowest BCUT2D eigenvalue weighted by Crippen LogP contribution is -2.24. The highest BCUT2D eigenvalue weighted by Crippen LogP contribution is 2.47. The molecule has 1 atom stereocenters.